The van der Waals surface area contributed by atoms with Crippen LogP contribution in [0.1, 0.15) is 5.56 Å². The van der Waals surface area contributed by atoms with E-state index in [1.165, 1.54) is 38.5 Å². The standard InChI is InChI=1S/C20H18FNO5S/c1-26-15-9-14(10-16(11-15)27-2)22-19(24)17(12-3-5-13(21)6-4-12)18(20(22)25)28-8-7-23/h3-6,9-11,23H,7-8H2,1-2H3. The van der Waals surface area contributed by atoms with Gasteiger partial charge in [0.05, 0.1) is 37.0 Å². The first-order chi connectivity index (χ1) is 13.5. The molecule has 0 fully saturated rings. The van der Waals surface area contributed by atoms with E-state index in [0.29, 0.717) is 22.7 Å². The first-order valence-electron chi connectivity index (χ1n) is 8.36. The SMILES string of the molecule is COc1cc(OC)cc(N2C(=O)C(SCCO)=C(c3ccc(F)cc3)C2=O)c1. The van der Waals surface area contributed by atoms with Crippen LogP contribution in [0.15, 0.2) is 47.4 Å². The third-order valence-corrected chi connectivity index (χ3v) is 5.16. The minimum atomic E-state index is -0.535. The van der Waals surface area contributed by atoms with Gasteiger partial charge in [0.2, 0.25) is 0 Å². The molecule has 0 atom stereocenters. The van der Waals surface area contributed by atoms with Gasteiger partial charge in [-0.05, 0) is 17.7 Å². The topological polar surface area (TPSA) is 76.1 Å². The number of hydrogen-bond acceptors (Lipinski definition) is 6. The average molecular weight is 403 g/mol. The molecule has 0 spiro atoms. The number of imide groups is 1. The third kappa shape index (κ3) is 3.74. The lowest BCUT2D eigenvalue weighted by Crippen LogP contribution is -2.31. The summed E-state index contributed by atoms with van der Waals surface area (Å²) in [6.45, 7) is -0.153. The molecule has 3 rings (SSSR count). The summed E-state index contributed by atoms with van der Waals surface area (Å²) in [5, 5.41) is 9.16. The van der Waals surface area contributed by atoms with Crippen LogP contribution in [0, 0.1) is 5.82 Å². The number of benzene rings is 2. The number of aliphatic hydroxyl groups excluding tert-OH is 1. The van der Waals surface area contributed by atoms with Crippen molar-refractivity contribution in [2.75, 3.05) is 31.5 Å². The minimum Gasteiger partial charge on any atom is -0.497 e. The number of thioether (sulfide) groups is 1. The van der Waals surface area contributed by atoms with Crippen molar-refractivity contribution in [1.82, 2.24) is 0 Å². The Morgan fingerprint density at radius 3 is 2.14 bits per heavy atom. The summed E-state index contributed by atoms with van der Waals surface area (Å²) >= 11 is 1.08. The summed E-state index contributed by atoms with van der Waals surface area (Å²) in [4.78, 5) is 27.5. The van der Waals surface area contributed by atoms with Crippen LogP contribution in [0.4, 0.5) is 10.1 Å². The van der Waals surface area contributed by atoms with Crippen molar-refractivity contribution in [3.05, 3.63) is 58.8 Å². The molecule has 2 aromatic rings. The number of ether oxygens (including phenoxy) is 2. The Balaban J connectivity index is 2.09. The lowest BCUT2D eigenvalue weighted by atomic mass is 10.1. The molecule has 2 amide bonds. The zero-order valence-electron chi connectivity index (χ0n) is 15.3. The molecule has 0 aliphatic carbocycles. The Bertz CT molecular complexity index is 920. The molecule has 0 radical (unpaired) electrons. The van der Waals surface area contributed by atoms with Gasteiger partial charge in [0.15, 0.2) is 0 Å². The van der Waals surface area contributed by atoms with Crippen molar-refractivity contribution in [3.63, 3.8) is 0 Å². The summed E-state index contributed by atoms with van der Waals surface area (Å²) < 4.78 is 23.8. The first-order valence-corrected chi connectivity index (χ1v) is 9.34. The van der Waals surface area contributed by atoms with Crippen molar-refractivity contribution < 1.29 is 28.6 Å². The normalized spacial score (nSPS) is 14.1. The Kier molecular flexibility index (Phi) is 6.01. The number of aliphatic hydroxyl groups is 1. The number of rotatable bonds is 7. The lowest BCUT2D eigenvalue weighted by Gasteiger charge is -2.17. The van der Waals surface area contributed by atoms with Gasteiger partial charge in [-0.1, -0.05) is 12.1 Å². The molecule has 0 unspecified atom stereocenters. The second-order valence-electron chi connectivity index (χ2n) is 5.80. The predicted octanol–water partition coefficient (Wildman–Crippen LogP) is 2.85. The highest BCUT2D eigenvalue weighted by atomic mass is 32.2. The van der Waals surface area contributed by atoms with Gasteiger partial charge in [-0.2, -0.15) is 0 Å². The van der Waals surface area contributed by atoms with E-state index in [0.717, 1.165) is 16.7 Å². The fraction of sp³-hybridized carbons (Fsp3) is 0.200. The van der Waals surface area contributed by atoms with Gasteiger partial charge in [-0.3, -0.25) is 9.59 Å². The summed E-state index contributed by atoms with van der Waals surface area (Å²) in [6.07, 6.45) is 0. The van der Waals surface area contributed by atoms with Crippen LogP contribution in [0.5, 0.6) is 11.5 Å². The number of methoxy groups -OCH3 is 2. The van der Waals surface area contributed by atoms with Crippen molar-refractivity contribution in [1.29, 1.82) is 0 Å². The number of carbonyl (C=O) groups excluding carboxylic acids is 2. The van der Waals surface area contributed by atoms with E-state index in [9.17, 15) is 14.0 Å². The molecule has 2 aromatic carbocycles. The van der Waals surface area contributed by atoms with E-state index in [2.05, 4.69) is 0 Å². The number of carbonyl (C=O) groups is 2. The average Bonchev–Trinajstić information content (AvgIpc) is 2.96. The Morgan fingerprint density at radius 1 is 1.00 bits per heavy atom. The van der Waals surface area contributed by atoms with Crippen LogP contribution in [-0.4, -0.2) is 43.5 Å². The van der Waals surface area contributed by atoms with Crippen LogP contribution in [0.25, 0.3) is 5.57 Å². The van der Waals surface area contributed by atoms with Crippen molar-refractivity contribution in [3.8, 4) is 11.5 Å². The minimum absolute atomic E-state index is 0.153. The quantitative estimate of drug-likeness (QED) is 0.717. The van der Waals surface area contributed by atoms with E-state index in [-0.39, 0.29) is 22.8 Å². The number of anilines is 1. The zero-order chi connectivity index (χ0) is 20.3. The van der Waals surface area contributed by atoms with Gasteiger partial charge < -0.3 is 14.6 Å². The Morgan fingerprint density at radius 2 is 1.61 bits per heavy atom. The van der Waals surface area contributed by atoms with Crippen LogP contribution in [-0.2, 0) is 9.59 Å². The molecule has 1 N–H and O–H groups in total. The maximum atomic E-state index is 13.3. The van der Waals surface area contributed by atoms with Crippen LogP contribution < -0.4 is 14.4 Å². The zero-order valence-corrected chi connectivity index (χ0v) is 16.1. The third-order valence-electron chi connectivity index (χ3n) is 4.11. The van der Waals surface area contributed by atoms with Gasteiger partial charge in [0.25, 0.3) is 11.8 Å². The van der Waals surface area contributed by atoms with E-state index in [1.54, 1.807) is 18.2 Å². The van der Waals surface area contributed by atoms with Crippen molar-refractivity contribution in [2.45, 2.75) is 0 Å². The number of nitrogens with zero attached hydrogens (tertiary/aromatic N) is 1. The number of halogens is 1. The van der Waals surface area contributed by atoms with Crippen molar-refractivity contribution in [2.24, 2.45) is 0 Å². The molecule has 0 saturated heterocycles. The van der Waals surface area contributed by atoms with Crippen LogP contribution in [0.2, 0.25) is 0 Å². The van der Waals surface area contributed by atoms with E-state index >= 15 is 0 Å². The van der Waals surface area contributed by atoms with Crippen LogP contribution in [0.3, 0.4) is 0 Å². The smallest absolute Gasteiger partial charge is 0.272 e. The molecular formula is C20H18FNO5S. The number of amides is 2. The molecule has 28 heavy (non-hydrogen) atoms. The second-order valence-corrected chi connectivity index (χ2v) is 6.90. The highest BCUT2D eigenvalue weighted by molar-refractivity contribution is 8.04. The molecule has 146 valence electrons. The molecule has 6 nitrogen and oxygen atoms in total. The molecule has 0 saturated carbocycles. The van der Waals surface area contributed by atoms with Gasteiger partial charge in [0.1, 0.15) is 17.3 Å². The van der Waals surface area contributed by atoms with E-state index in [4.69, 9.17) is 14.6 Å². The Labute approximate surface area is 165 Å². The lowest BCUT2D eigenvalue weighted by molar-refractivity contribution is -0.119. The number of hydrogen-bond donors (Lipinski definition) is 1. The fourth-order valence-corrected chi connectivity index (χ4v) is 3.68. The van der Waals surface area contributed by atoms with Gasteiger partial charge in [-0.25, -0.2) is 9.29 Å². The largest absolute Gasteiger partial charge is 0.497 e. The molecule has 8 heteroatoms. The molecule has 0 aromatic heterocycles. The summed E-state index contributed by atoms with van der Waals surface area (Å²) in [7, 11) is 2.94. The van der Waals surface area contributed by atoms with E-state index in [1.807, 2.05) is 0 Å². The monoisotopic (exact) mass is 403 g/mol. The van der Waals surface area contributed by atoms with Crippen molar-refractivity contribution >= 4 is 34.8 Å². The molecule has 1 aliphatic heterocycles. The summed E-state index contributed by atoms with van der Waals surface area (Å²) in [5.41, 5.74) is 0.896. The van der Waals surface area contributed by atoms with Gasteiger partial charge >= 0.3 is 0 Å². The maximum Gasteiger partial charge on any atom is 0.272 e. The highest BCUT2D eigenvalue weighted by Gasteiger charge is 2.40. The maximum absolute atomic E-state index is 13.3. The predicted molar refractivity (Wildman–Crippen MR) is 105 cm³/mol. The van der Waals surface area contributed by atoms with E-state index < -0.39 is 17.6 Å². The van der Waals surface area contributed by atoms with Crippen LogP contribution >= 0.6 is 11.8 Å². The van der Waals surface area contributed by atoms with Gasteiger partial charge in [-0.15, -0.1) is 11.8 Å². The Hall–Kier alpha value is -2.84. The molecule has 1 aliphatic rings. The summed E-state index contributed by atoms with van der Waals surface area (Å²) in [5.74, 6) is -0.399. The molecular weight excluding hydrogens is 385 g/mol. The van der Waals surface area contributed by atoms with Gasteiger partial charge in [0, 0.05) is 24.0 Å². The first kappa shape index (κ1) is 19.9. The highest BCUT2D eigenvalue weighted by Crippen LogP contribution is 2.40. The molecule has 1 heterocycles. The fourth-order valence-electron chi connectivity index (χ4n) is 2.82. The second kappa shape index (κ2) is 8.45. The molecule has 0 bridgehead atoms. The summed E-state index contributed by atoms with van der Waals surface area (Å²) in [6, 6.07) is 10.1.